The Hall–Kier alpha value is -0.970. The van der Waals surface area contributed by atoms with Gasteiger partial charge in [0.05, 0.1) is 12.1 Å². The molecular weight excluding hydrogens is 219 g/mol. The van der Waals surface area contributed by atoms with Gasteiger partial charge in [-0.2, -0.15) is 0 Å². The zero-order valence-corrected chi connectivity index (χ0v) is 10.6. The molecule has 2 atom stereocenters. The van der Waals surface area contributed by atoms with Crippen LogP contribution in [0.4, 0.5) is 4.39 Å². The predicted molar refractivity (Wildman–Crippen MR) is 66.7 cm³/mol. The van der Waals surface area contributed by atoms with Gasteiger partial charge in [-0.1, -0.05) is 26.0 Å². The van der Waals surface area contributed by atoms with Gasteiger partial charge in [0.25, 0.3) is 0 Å². The zero-order valence-electron chi connectivity index (χ0n) is 10.6. The maximum atomic E-state index is 13.2. The second-order valence-corrected chi connectivity index (χ2v) is 4.36. The molecule has 0 aromatic heterocycles. The number of hydrogen-bond donors (Lipinski definition) is 2. The first-order chi connectivity index (χ1) is 8.10. The van der Waals surface area contributed by atoms with E-state index in [-0.39, 0.29) is 18.0 Å². The molecule has 3 nitrogen and oxygen atoms in total. The highest BCUT2D eigenvalue weighted by atomic mass is 19.1. The third kappa shape index (κ3) is 3.77. The van der Waals surface area contributed by atoms with Crippen LogP contribution in [0.1, 0.15) is 32.4 Å². The molecule has 0 saturated heterocycles. The number of halogens is 1. The molecule has 17 heavy (non-hydrogen) atoms. The van der Waals surface area contributed by atoms with Gasteiger partial charge in [-0.3, -0.25) is 11.3 Å². The van der Waals surface area contributed by atoms with Crippen LogP contribution in [0.5, 0.6) is 0 Å². The average Bonchev–Trinajstić information content (AvgIpc) is 2.29. The van der Waals surface area contributed by atoms with Crippen molar-refractivity contribution in [3.63, 3.8) is 0 Å². The van der Waals surface area contributed by atoms with Crippen molar-refractivity contribution in [1.82, 2.24) is 5.43 Å². The van der Waals surface area contributed by atoms with Crippen LogP contribution in [0.15, 0.2) is 24.3 Å². The molecule has 0 amide bonds. The lowest BCUT2D eigenvalue weighted by atomic mass is 9.94. The molecule has 0 heterocycles. The van der Waals surface area contributed by atoms with E-state index >= 15 is 0 Å². The smallest absolute Gasteiger partial charge is 0.123 e. The van der Waals surface area contributed by atoms with Gasteiger partial charge in [-0.05, 0) is 30.5 Å². The first-order valence-corrected chi connectivity index (χ1v) is 5.93. The van der Waals surface area contributed by atoms with Crippen molar-refractivity contribution in [2.24, 2.45) is 11.8 Å². The minimum Gasteiger partial charge on any atom is -0.376 e. The van der Waals surface area contributed by atoms with Crippen LogP contribution < -0.4 is 11.3 Å². The van der Waals surface area contributed by atoms with Crippen molar-refractivity contribution >= 4 is 0 Å². The Morgan fingerprint density at radius 3 is 2.59 bits per heavy atom. The molecule has 4 heteroatoms. The summed E-state index contributed by atoms with van der Waals surface area (Å²) in [6, 6.07) is 6.23. The lowest BCUT2D eigenvalue weighted by molar-refractivity contribution is 0.00271. The highest BCUT2D eigenvalue weighted by Crippen LogP contribution is 2.24. The lowest BCUT2D eigenvalue weighted by Crippen LogP contribution is -2.40. The van der Waals surface area contributed by atoms with E-state index in [0.29, 0.717) is 12.5 Å². The van der Waals surface area contributed by atoms with Crippen LogP contribution in [0.3, 0.4) is 0 Å². The Bertz CT molecular complexity index is 344. The summed E-state index contributed by atoms with van der Waals surface area (Å²) in [6.07, 6.45) is -0.0770. The highest BCUT2D eigenvalue weighted by molar-refractivity contribution is 5.21. The molecule has 1 aromatic carbocycles. The summed E-state index contributed by atoms with van der Waals surface area (Å²) in [7, 11) is 0. The van der Waals surface area contributed by atoms with E-state index in [0.717, 1.165) is 5.56 Å². The van der Waals surface area contributed by atoms with E-state index in [1.807, 2.05) is 13.0 Å². The number of nitrogens with one attached hydrogen (secondary N) is 1. The van der Waals surface area contributed by atoms with Gasteiger partial charge < -0.3 is 4.74 Å². The number of hydrazine groups is 1. The number of rotatable bonds is 6. The molecular formula is C13H21FN2O. The molecule has 0 saturated carbocycles. The highest BCUT2D eigenvalue weighted by Gasteiger charge is 2.25. The third-order valence-corrected chi connectivity index (χ3v) is 2.73. The second-order valence-electron chi connectivity index (χ2n) is 4.36. The molecule has 0 fully saturated rings. The molecule has 96 valence electrons. The summed E-state index contributed by atoms with van der Waals surface area (Å²) >= 11 is 0. The summed E-state index contributed by atoms with van der Waals surface area (Å²) in [5.74, 6) is 5.60. The van der Waals surface area contributed by atoms with Gasteiger partial charge in [0.1, 0.15) is 5.82 Å². The fourth-order valence-corrected chi connectivity index (χ4v) is 1.95. The van der Waals surface area contributed by atoms with Gasteiger partial charge >= 0.3 is 0 Å². The summed E-state index contributed by atoms with van der Waals surface area (Å²) in [5.41, 5.74) is 3.53. The monoisotopic (exact) mass is 240 g/mol. The Labute approximate surface area is 102 Å². The largest absolute Gasteiger partial charge is 0.376 e. The van der Waals surface area contributed by atoms with Crippen molar-refractivity contribution in [3.05, 3.63) is 35.6 Å². The van der Waals surface area contributed by atoms with Crippen molar-refractivity contribution in [2.75, 3.05) is 6.61 Å². The van der Waals surface area contributed by atoms with E-state index in [2.05, 4.69) is 19.3 Å². The first kappa shape index (κ1) is 14.1. The molecule has 0 aliphatic heterocycles. The predicted octanol–water partition coefficient (Wildman–Crippen LogP) is 2.39. The SMILES string of the molecule is CCOC(C(C)C)C(NN)c1cccc(F)c1. The quantitative estimate of drug-likeness (QED) is 0.593. The Morgan fingerprint density at radius 2 is 2.12 bits per heavy atom. The standard InChI is InChI=1S/C13H21FN2O/c1-4-17-13(9(2)3)12(16-15)10-6-5-7-11(14)8-10/h5-9,12-13,16H,4,15H2,1-3H3. The summed E-state index contributed by atoms with van der Waals surface area (Å²) in [4.78, 5) is 0. The zero-order chi connectivity index (χ0) is 12.8. The Balaban J connectivity index is 2.95. The van der Waals surface area contributed by atoms with Crippen molar-refractivity contribution < 1.29 is 9.13 Å². The number of ether oxygens (including phenoxy) is 1. The summed E-state index contributed by atoms with van der Waals surface area (Å²) in [5, 5.41) is 0. The van der Waals surface area contributed by atoms with Gasteiger partial charge in [0.15, 0.2) is 0 Å². The van der Waals surface area contributed by atoms with E-state index in [1.54, 1.807) is 6.07 Å². The molecule has 3 N–H and O–H groups in total. The molecule has 1 rings (SSSR count). The molecule has 1 aromatic rings. The minimum absolute atomic E-state index is 0.0770. The van der Waals surface area contributed by atoms with E-state index in [4.69, 9.17) is 10.6 Å². The van der Waals surface area contributed by atoms with Crippen LogP contribution in [-0.2, 0) is 4.74 Å². The molecule has 0 radical (unpaired) electrons. The van der Waals surface area contributed by atoms with Crippen LogP contribution in [0.2, 0.25) is 0 Å². The van der Waals surface area contributed by atoms with Crippen molar-refractivity contribution in [3.8, 4) is 0 Å². The van der Waals surface area contributed by atoms with E-state index in [9.17, 15) is 4.39 Å². The molecule has 0 bridgehead atoms. The van der Waals surface area contributed by atoms with Gasteiger partial charge in [-0.25, -0.2) is 4.39 Å². The fourth-order valence-electron chi connectivity index (χ4n) is 1.95. The normalized spacial score (nSPS) is 14.9. The van der Waals surface area contributed by atoms with Crippen LogP contribution in [-0.4, -0.2) is 12.7 Å². The topological polar surface area (TPSA) is 47.3 Å². The van der Waals surface area contributed by atoms with Crippen LogP contribution in [0, 0.1) is 11.7 Å². The average molecular weight is 240 g/mol. The van der Waals surface area contributed by atoms with Crippen LogP contribution >= 0.6 is 0 Å². The molecule has 0 spiro atoms. The van der Waals surface area contributed by atoms with Gasteiger partial charge in [-0.15, -0.1) is 0 Å². The molecule has 0 aliphatic rings. The lowest BCUT2D eigenvalue weighted by Gasteiger charge is -2.29. The fraction of sp³-hybridized carbons (Fsp3) is 0.538. The molecule has 2 unspecified atom stereocenters. The number of nitrogens with two attached hydrogens (primary N) is 1. The number of hydrogen-bond acceptors (Lipinski definition) is 3. The van der Waals surface area contributed by atoms with Crippen molar-refractivity contribution in [2.45, 2.75) is 32.9 Å². The Morgan fingerprint density at radius 1 is 1.41 bits per heavy atom. The summed E-state index contributed by atoms with van der Waals surface area (Å²) in [6.45, 7) is 6.67. The van der Waals surface area contributed by atoms with Gasteiger partial charge in [0.2, 0.25) is 0 Å². The minimum atomic E-state index is -0.262. The second kappa shape index (κ2) is 6.69. The summed E-state index contributed by atoms with van der Waals surface area (Å²) < 4.78 is 18.9. The van der Waals surface area contributed by atoms with Crippen molar-refractivity contribution in [1.29, 1.82) is 0 Å². The maximum absolute atomic E-state index is 13.2. The molecule has 0 aliphatic carbocycles. The van der Waals surface area contributed by atoms with E-state index < -0.39 is 0 Å². The van der Waals surface area contributed by atoms with Gasteiger partial charge in [0, 0.05) is 6.61 Å². The number of benzene rings is 1. The first-order valence-electron chi connectivity index (χ1n) is 5.93. The van der Waals surface area contributed by atoms with E-state index in [1.165, 1.54) is 12.1 Å². The maximum Gasteiger partial charge on any atom is 0.123 e. The third-order valence-electron chi connectivity index (χ3n) is 2.73. The van der Waals surface area contributed by atoms with Crippen LogP contribution in [0.25, 0.3) is 0 Å². The Kier molecular flexibility index (Phi) is 5.55.